The van der Waals surface area contributed by atoms with Gasteiger partial charge in [0, 0.05) is 22.7 Å². The summed E-state index contributed by atoms with van der Waals surface area (Å²) in [6, 6.07) is 7.64. The molecular weight excluding hydrogens is 425 g/mol. The van der Waals surface area contributed by atoms with Crippen LogP contribution >= 0.6 is 23.2 Å². The third kappa shape index (κ3) is 4.71. The second-order valence-electron chi connectivity index (χ2n) is 5.81. The van der Waals surface area contributed by atoms with E-state index in [0.717, 1.165) is 0 Å². The van der Waals surface area contributed by atoms with Crippen LogP contribution in [0.4, 0.5) is 10.5 Å². The lowest BCUT2D eigenvalue weighted by Crippen LogP contribution is -2.51. The van der Waals surface area contributed by atoms with E-state index in [1.165, 1.54) is 42.5 Å². The number of nitro benzene ring substituents is 1. The molecule has 9 nitrogen and oxygen atoms in total. The van der Waals surface area contributed by atoms with Crippen LogP contribution in [0.1, 0.15) is 11.1 Å². The molecule has 2 aromatic rings. The molecule has 2 N–H and O–H groups in total. The number of carbonyl (C=O) groups is 3. The van der Waals surface area contributed by atoms with Gasteiger partial charge in [0.25, 0.3) is 17.5 Å². The second-order valence-corrected chi connectivity index (χ2v) is 6.66. The first kappa shape index (κ1) is 20.3. The van der Waals surface area contributed by atoms with Crippen LogP contribution in [0.5, 0.6) is 5.75 Å². The van der Waals surface area contributed by atoms with Gasteiger partial charge >= 0.3 is 6.03 Å². The number of urea groups is 1. The number of hydrogen-bond donors (Lipinski definition) is 2. The molecule has 11 heteroatoms. The van der Waals surface area contributed by atoms with Crippen molar-refractivity contribution in [3.05, 3.63) is 73.3 Å². The van der Waals surface area contributed by atoms with Crippen LogP contribution < -0.4 is 15.4 Å². The van der Waals surface area contributed by atoms with Crippen molar-refractivity contribution in [3.63, 3.8) is 0 Å². The summed E-state index contributed by atoms with van der Waals surface area (Å²) in [5.74, 6) is -1.62. The van der Waals surface area contributed by atoms with Crippen LogP contribution in [0.3, 0.4) is 0 Å². The van der Waals surface area contributed by atoms with Crippen LogP contribution in [0.2, 0.25) is 10.0 Å². The van der Waals surface area contributed by atoms with Gasteiger partial charge in [-0.2, -0.15) is 0 Å². The van der Waals surface area contributed by atoms with Gasteiger partial charge in [-0.1, -0.05) is 23.2 Å². The number of hydrogen-bond acceptors (Lipinski definition) is 6. The first-order valence-corrected chi connectivity index (χ1v) is 8.73. The van der Waals surface area contributed by atoms with Crippen molar-refractivity contribution in [2.75, 3.05) is 0 Å². The molecule has 1 heterocycles. The number of halogens is 2. The van der Waals surface area contributed by atoms with Crippen molar-refractivity contribution in [3.8, 4) is 5.75 Å². The molecule has 1 fully saturated rings. The van der Waals surface area contributed by atoms with E-state index in [9.17, 15) is 24.5 Å². The normalized spacial score (nSPS) is 13.6. The predicted molar refractivity (Wildman–Crippen MR) is 104 cm³/mol. The molecule has 2 aromatic carbocycles. The van der Waals surface area contributed by atoms with E-state index in [0.29, 0.717) is 5.56 Å². The summed E-state index contributed by atoms with van der Waals surface area (Å²) < 4.78 is 5.71. The van der Waals surface area contributed by atoms with E-state index < -0.39 is 22.8 Å². The fourth-order valence-corrected chi connectivity index (χ4v) is 3.03. The van der Waals surface area contributed by atoms with Crippen LogP contribution in [0.25, 0.3) is 6.08 Å². The zero-order valence-electron chi connectivity index (χ0n) is 14.4. The van der Waals surface area contributed by atoms with Crippen molar-refractivity contribution < 1.29 is 24.0 Å². The summed E-state index contributed by atoms with van der Waals surface area (Å²) in [7, 11) is 0. The summed E-state index contributed by atoms with van der Waals surface area (Å²) in [6.07, 6.45) is 1.19. The molecule has 4 amide bonds. The molecule has 0 aliphatic carbocycles. The molecule has 1 aliphatic rings. The summed E-state index contributed by atoms with van der Waals surface area (Å²) >= 11 is 12.2. The number of nitrogens with zero attached hydrogens (tertiary/aromatic N) is 1. The van der Waals surface area contributed by atoms with Gasteiger partial charge in [-0.3, -0.25) is 30.3 Å². The molecule has 148 valence electrons. The summed E-state index contributed by atoms with van der Waals surface area (Å²) in [5.41, 5.74) is 0.466. The summed E-state index contributed by atoms with van der Waals surface area (Å²) in [6.45, 7) is 0.00635. The molecular formula is C18H11Cl2N3O6. The Balaban J connectivity index is 1.90. The Bertz CT molecular complexity index is 1040. The molecule has 0 spiro atoms. The van der Waals surface area contributed by atoms with Crippen molar-refractivity contribution in [1.82, 2.24) is 10.6 Å². The average molecular weight is 436 g/mol. The van der Waals surface area contributed by atoms with E-state index in [1.807, 2.05) is 10.6 Å². The largest absolute Gasteiger partial charge is 0.487 e. The zero-order valence-corrected chi connectivity index (χ0v) is 15.9. The Morgan fingerprint density at radius 3 is 2.24 bits per heavy atom. The Hall–Kier alpha value is -3.43. The number of imide groups is 2. The maximum absolute atomic E-state index is 11.9. The van der Waals surface area contributed by atoms with Crippen LogP contribution in [0, 0.1) is 10.1 Å². The quantitative estimate of drug-likeness (QED) is 0.321. The van der Waals surface area contributed by atoms with Crippen molar-refractivity contribution in [2.45, 2.75) is 6.61 Å². The van der Waals surface area contributed by atoms with E-state index in [2.05, 4.69) is 0 Å². The Morgan fingerprint density at radius 1 is 1.03 bits per heavy atom. The van der Waals surface area contributed by atoms with Gasteiger partial charge in [-0.25, -0.2) is 4.79 Å². The number of carbonyl (C=O) groups excluding carboxylic acids is 3. The first-order chi connectivity index (χ1) is 13.7. The average Bonchev–Trinajstić information content (AvgIpc) is 2.64. The lowest BCUT2D eigenvalue weighted by atomic mass is 10.1. The van der Waals surface area contributed by atoms with Crippen molar-refractivity contribution in [1.29, 1.82) is 0 Å². The van der Waals surface area contributed by atoms with Gasteiger partial charge in [0.1, 0.15) is 17.9 Å². The number of nitro groups is 1. The summed E-state index contributed by atoms with van der Waals surface area (Å²) in [4.78, 5) is 45.3. The Kier molecular flexibility index (Phi) is 5.81. The number of rotatable bonds is 5. The molecule has 3 rings (SSSR count). The van der Waals surface area contributed by atoms with Gasteiger partial charge in [0.15, 0.2) is 0 Å². The van der Waals surface area contributed by atoms with E-state index in [1.54, 1.807) is 0 Å². The number of non-ortho nitro benzene ring substituents is 1. The van der Waals surface area contributed by atoms with Gasteiger partial charge in [-0.15, -0.1) is 0 Å². The maximum atomic E-state index is 11.9. The minimum absolute atomic E-state index is 0.00635. The maximum Gasteiger partial charge on any atom is 0.328 e. The highest BCUT2D eigenvalue weighted by atomic mass is 35.5. The fraction of sp³-hybridized carbons (Fsp3) is 0.0556. The number of benzene rings is 2. The Labute approximate surface area is 173 Å². The highest BCUT2D eigenvalue weighted by molar-refractivity contribution is 6.36. The predicted octanol–water partition coefficient (Wildman–Crippen LogP) is 3.23. The third-order valence-electron chi connectivity index (χ3n) is 3.81. The lowest BCUT2D eigenvalue weighted by molar-refractivity contribution is -0.384. The van der Waals surface area contributed by atoms with Gasteiger partial charge < -0.3 is 4.74 Å². The molecule has 0 atom stereocenters. The van der Waals surface area contributed by atoms with Crippen molar-refractivity contribution >= 4 is 52.8 Å². The number of barbiturate groups is 1. The SMILES string of the molecule is O=C1NC(=O)C(=Cc2cc(Cl)cc(Cl)c2OCc2ccc([N+](=O)[O-])cc2)C(=O)N1. The van der Waals surface area contributed by atoms with Crippen molar-refractivity contribution in [2.24, 2.45) is 0 Å². The lowest BCUT2D eigenvalue weighted by Gasteiger charge is -2.16. The molecule has 0 bridgehead atoms. The fourth-order valence-electron chi connectivity index (χ4n) is 2.47. The second kappa shape index (κ2) is 8.29. The number of amides is 4. The van der Waals surface area contributed by atoms with Gasteiger partial charge in [0.05, 0.1) is 9.95 Å². The van der Waals surface area contributed by atoms with Gasteiger partial charge in [-0.05, 0) is 35.9 Å². The smallest absolute Gasteiger partial charge is 0.328 e. The highest BCUT2D eigenvalue weighted by Crippen LogP contribution is 2.34. The highest BCUT2D eigenvalue weighted by Gasteiger charge is 2.28. The molecule has 0 radical (unpaired) electrons. The molecule has 1 saturated heterocycles. The molecule has 0 aromatic heterocycles. The third-order valence-corrected chi connectivity index (χ3v) is 4.31. The molecule has 1 aliphatic heterocycles. The van der Waals surface area contributed by atoms with E-state index >= 15 is 0 Å². The minimum Gasteiger partial charge on any atom is -0.487 e. The minimum atomic E-state index is -0.920. The van der Waals surface area contributed by atoms with Gasteiger partial charge in [0.2, 0.25) is 0 Å². The summed E-state index contributed by atoms with van der Waals surface area (Å²) in [5, 5.41) is 15.0. The standard InChI is InChI=1S/C18H11Cl2N3O6/c19-11-5-10(6-13-16(24)21-18(26)22-17(13)25)15(14(20)7-11)29-8-9-1-3-12(4-2-9)23(27)28/h1-7H,8H2,(H2,21,22,24,25,26). The number of ether oxygens (including phenoxy) is 1. The number of nitrogens with one attached hydrogen (secondary N) is 2. The molecule has 0 saturated carbocycles. The van der Waals surface area contributed by atoms with Crippen LogP contribution in [-0.2, 0) is 16.2 Å². The Morgan fingerprint density at radius 2 is 1.66 bits per heavy atom. The van der Waals surface area contributed by atoms with Crippen LogP contribution in [-0.4, -0.2) is 22.8 Å². The molecule has 0 unspecified atom stereocenters. The van der Waals surface area contributed by atoms with E-state index in [-0.39, 0.29) is 39.2 Å². The molecule has 29 heavy (non-hydrogen) atoms. The monoisotopic (exact) mass is 435 g/mol. The van der Waals surface area contributed by atoms with E-state index in [4.69, 9.17) is 27.9 Å². The van der Waals surface area contributed by atoms with Crippen LogP contribution in [0.15, 0.2) is 42.0 Å². The topological polar surface area (TPSA) is 128 Å². The first-order valence-electron chi connectivity index (χ1n) is 7.98. The zero-order chi connectivity index (χ0) is 21.1.